The largest absolute Gasteiger partial charge is 0.463 e. The predicted octanol–water partition coefficient (Wildman–Crippen LogP) is 2.24. The number of benzene rings is 1. The van der Waals surface area contributed by atoms with Crippen molar-refractivity contribution < 1.29 is 17.9 Å². The molecule has 0 saturated heterocycles. The van der Waals surface area contributed by atoms with E-state index < -0.39 is 15.8 Å². The summed E-state index contributed by atoms with van der Waals surface area (Å²) < 4.78 is 28.1. The maximum atomic E-state index is 11.6. The first-order valence-corrected chi connectivity index (χ1v) is 7.65. The molecule has 0 heterocycles. The monoisotopic (exact) mass is 290 g/mol. The summed E-state index contributed by atoms with van der Waals surface area (Å²) in [6.07, 6.45) is 0.743. The highest BCUT2D eigenvalue weighted by Gasteiger charge is 2.17. The van der Waals surface area contributed by atoms with Gasteiger partial charge >= 0.3 is 5.97 Å². The zero-order valence-corrected chi connectivity index (χ0v) is 12.0. The molecule has 0 aromatic heterocycles. The van der Waals surface area contributed by atoms with E-state index in [9.17, 15) is 13.2 Å². The number of carbonyl (C=O) groups excluding carboxylic acids is 1. The van der Waals surface area contributed by atoms with E-state index in [4.69, 9.17) is 16.3 Å². The van der Waals surface area contributed by atoms with Crippen LogP contribution in [-0.2, 0) is 25.8 Å². The van der Waals surface area contributed by atoms with E-state index in [0.717, 1.165) is 6.26 Å². The lowest BCUT2D eigenvalue weighted by atomic mass is 10.1. The zero-order valence-electron chi connectivity index (χ0n) is 10.4. The molecule has 0 radical (unpaired) electrons. The SMILES string of the molecule is CC(C)OC(=O)Cc1cc(Cl)ccc1S(C)(=O)=O. The third-order valence-corrected chi connectivity index (χ3v) is 3.56. The van der Waals surface area contributed by atoms with E-state index in [2.05, 4.69) is 0 Å². The molecule has 0 aliphatic carbocycles. The molecule has 0 aliphatic rings. The van der Waals surface area contributed by atoms with Crippen molar-refractivity contribution >= 4 is 27.4 Å². The molecule has 100 valence electrons. The standard InChI is InChI=1S/C12H15ClO4S/c1-8(2)17-12(14)7-9-6-10(13)4-5-11(9)18(3,15)16/h4-6,8H,7H2,1-3H3. The summed E-state index contributed by atoms with van der Waals surface area (Å²) in [5.41, 5.74) is 0.357. The molecule has 0 fully saturated rings. The van der Waals surface area contributed by atoms with Gasteiger partial charge in [0.1, 0.15) is 0 Å². The third kappa shape index (κ3) is 4.31. The quantitative estimate of drug-likeness (QED) is 0.798. The first kappa shape index (κ1) is 15.0. The van der Waals surface area contributed by atoms with Gasteiger partial charge in [-0.15, -0.1) is 0 Å². The van der Waals surface area contributed by atoms with Gasteiger partial charge in [0.2, 0.25) is 0 Å². The molecule has 0 amide bonds. The lowest BCUT2D eigenvalue weighted by Gasteiger charge is -2.10. The van der Waals surface area contributed by atoms with Gasteiger partial charge in [0, 0.05) is 11.3 Å². The van der Waals surface area contributed by atoms with Crippen LogP contribution in [0.3, 0.4) is 0 Å². The Morgan fingerprint density at radius 1 is 1.39 bits per heavy atom. The third-order valence-electron chi connectivity index (χ3n) is 2.12. The second kappa shape index (κ2) is 5.71. The van der Waals surface area contributed by atoms with Gasteiger partial charge in [-0.2, -0.15) is 0 Å². The summed E-state index contributed by atoms with van der Waals surface area (Å²) >= 11 is 5.81. The second-order valence-electron chi connectivity index (χ2n) is 4.24. The molecule has 6 heteroatoms. The average Bonchev–Trinajstić information content (AvgIpc) is 2.13. The number of esters is 1. The molecule has 4 nitrogen and oxygen atoms in total. The first-order valence-electron chi connectivity index (χ1n) is 5.38. The minimum atomic E-state index is -3.39. The summed E-state index contributed by atoms with van der Waals surface area (Å²) in [6, 6.07) is 4.35. The number of halogens is 1. The fourth-order valence-corrected chi connectivity index (χ4v) is 2.63. The highest BCUT2D eigenvalue weighted by atomic mass is 35.5. The van der Waals surface area contributed by atoms with Crippen molar-refractivity contribution in [3.05, 3.63) is 28.8 Å². The smallest absolute Gasteiger partial charge is 0.310 e. The van der Waals surface area contributed by atoms with Crippen molar-refractivity contribution in [1.29, 1.82) is 0 Å². The summed E-state index contributed by atoms with van der Waals surface area (Å²) in [4.78, 5) is 11.7. The van der Waals surface area contributed by atoms with Gasteiger partial charge in [-0.05, 0) is 37.6 Å². The van der Waals surface area contributed by atoms with E-state index in [1.54, 1.807) is 13.8 Å². The van der Waals surface area contributed by atoms with E-state index in [-0.39, 0.29) is 17.4 Å². The second-order valence-corrected chi connectivity index (χ2v) is 6.66. The van der Waals surface area contributed by atoms with Gasteiger partial charge in [0.05, 0.1) is 17.4 Å². The average molecular weight is 291 g/mol. The number of hydrogen-bond donors (Lipinski definition) is 0. The van der Waals surface area contributed by atoms with Crippen molar-refractivity contribution in [3.8, 4) is 0 Å². The minimum absolute atomic E-state index is 0.104. The normalized spacial score (nSPS) is 11.6. The predicted molar refractivity (Wildman–Crippen MR) is 69.5 cm³/mol. The van der Waals surface area contributed by atoms with E-state index in [0.29, 0.717) is 10.6 Å². The van der Waals surface area contributed by atoms with Gasteiger partial charge in [0.25, 0.3) is 0 Å². The number of rotatable bonds is 4. The Morgan fingerprint density at radius 3 is 2.50 bits per heavy atom. The molecule has 0 spiro atoms. The highest BCUT2D eigenvalue weighted by Crippen LogP contribution is 2.21. The summed E-state index contributed by atoms with van der Waals surface area (Å²) in [7, 11) is -3.39. The van der Waals surface area contributed by atoms with Crippen LogP contribution in [0.4, 0.5) is 0 Å². The summed E-state index contributed by atoms with van der Waals surface area (Å²) in [6.45, 7) is 3.46. The Balaban J connectivity index is 3.08. The lowest BCUT2D eigenvalue weighted by Crippen LogP contribution is -2.15. The summed E-state index contributed by atoms with van der Waals surface area (Å²) in [5.74, 6) is -0.475. The maximum absolute atomic E-state index is 11.6. The van der Waals surface area contributed by atoms with Gasteiger partial charge in [-0.25, -0.2) is 8.42 Å². The van der Waals surface area contributed by atoms with Crippen LogP contribution in [-0.4, -0.2) is 26.7 Å². The van der Waals surface area contributed by atoms with Gasteiger partial charge in [-0.1, -0.05) is 11.6 Å². The van der Waals surface area contributed by atoms with Crippen molar-refractivity contribution in [2.45, 2.75) is 31.3 Å². The maximum Gasteiger partial charge on any atom is 0.310 e. The first-order chi connectivity index (χ1) is 8.20. The Morgan fingerprint density at radius 2 is 2.00 bits per heavy atom. The number of sulfone groups is 1. The molecule has 0 saturated carbocycles. The molecule has 0 N–H and O–H groups in total. The topological polar surface area (TPSA) is 60.4 Å². The van der Waals surface area contributed by atoms with E-state index in [1.807, 2.05) is 0 Å². The number of carbonyl (C=O) groups is 1. The Bertz CT molecular complexity index is 549. The molecule has 0 unspecified atom stereocenters. The van der Waals surface area contributed by atoms with Crippen molar-refractivity contribution in [2.75, 3.05) is 6.26 Å². The highest BCUT2D eigenvalue weighted by molar-refractivity contribution is 7.90. The molecule has 0 atom stereocenters. The molecule has 1 rings (SSSR count). The fraction of sp³-hybridized carbons (Fsp3) is 0.417. The van der Waals surface area contributed by atoms with Crippen molar-refractivity contribution in [3.63, 3.8) is 0 Å². The molecule has 0 aliphatic heterocycles. The van der Waals surface area contributed by atoms with Gasteiger partial charge in [-0.3, -0.25) is 4.79 Å². The van der Waals surface area contributed by atoms with E-state index in [1.165, 1.54) is 18.2 Å². The van der Waals surface area contributed by atoms with Crippen LogP contribution >= 0.6 is 11.6 Å². The van der Waals surface area contributed by atoms with Crippen molar-refractivity contribution in [2.24, 2.45) is 0 Å². The van der Waals surface area contributed by atoms with Crippen LogP contribution in [0.2, 0.25) is 5.02 Å². The Labute approximate surface area is 112 Å². The molecule has 0 bridgehead atoms. The van der Waals surface area contributed by atoms with Crippen molar-refractivity contribution in [1.82, 2.24) is 0 Å². The van der Waals surface area contributed by atoms with Crippen LogP contribution in [0.5, 0.6) is 0 Å². The molecular formula is C12H15ClO4S. The Hall–Kier alpha value is -1.07. The molecule has 1 aromatic carbocycles. The van der Waals surface area contributed by atoms with Gasteiger partial charge in [0.15, 0.2) is 9.84 Å². The lowest BCUT2D eigenvalue weighted by molar-refractivity contribution is -0.146. The molecular weight excluding hydrogens is 276 g/mol. The van der Waals surface area contributed by atoms with Crippen LogP contribution in [0.1, 0.15) is 19.4 Å². The molecule has 18 heavy (non-hydrogen) atoms. The van der Waals surface area contributed by atoms with Crippen LogP contribution < -0.4 is 0 Å². The van der Waals surface area contributed by atoms with Crippen LogP contribution in [0.25, 0.3) is 0 Å². The minimum Gasteiger partial charge on any atom is -0.463 e. The number of hydrogen-bond acceptors (Lipinski definition) is 4. The fourth-order valence-electron chi connectivity index (χ4n) is 1.51. The summed E-state index contributed by atoms with van der Waals surface area (Å²) in [5, 5.41) is 0.384. The van der Waals surface area contributed by atoms with Crippen LogP contribution in [0.15, 0.2) is 23.1 Å². The molecule has 1 aromatic rings. The van der Waals surface area contributed by atoms with Gasteiger partial charge < -0.3 is 4.74 Å². The zero-order chi connectivity index (χ0) is 13.9. The van der Waals surface area contributed by atoms with Crippen LogP contribution in [0, 0.1) is 0 Å². The van der Waals surface area contributed by atoms with E-state index >= 15 is 0 Å². The Kier molecular flexibility index (Phi) is 4.76. The number of ether oxygens (including phenoxy) is 1.